The Morgan fingerprint density at radius 3 is 2.67 bits per heavy atom. The van der Waals surface area contributed by atoms with Gasteiger partial charge in [0, 0.05) is 23.9 Å². The molecule has 4 nitrogen and oxygen atoms in total. The molecule has 6 heteroatoms. The molecular weight excluding hydrogens is 348 g/mol. The molecule has 2 aromatic rings. The van der Waals surface area contributed by atoms with Gasteiger partial charge in [-0.2, -0.15) is 5.10 Å². The minimum absolute atomic E-state index is 0.297. The molecule has 0 aromatic carbocycles. The van der Waals surface area contributed by atoms with Crippen molar-refractivity contribution in [1.82, 2.24) is 20.1 Å². The van der Waals surface area contributed by atoms with Gasteiger partial charge in [-0.05, 0) is 42.7 Å². The molecule has 0 aliphatic heterocycles. The molecule has 0 amide bonds. The third kappa shape index (κ3) is 3.55. The van der Waals surface area contributed by atoms with Gasteiger partial charge in [0.25, 0.3) is 0 Å². The molecule has 0 spiro atoms. The molecule has 2 aromatic heterocycles. The van der Waals surface area contributed by atoms with Gasteiger partial charge >= 0.3 is 0 Å². The van der Waals surface area contributed by atoms with Gasteiger partial charge in [0.05, 0.1) is 27.1 Å². The van der Waals surface area contributed by atoms with Crippen LogP contribution < -0.4 is 5.32 Å². The molecule has 0 fully saturated rings. The highest BCUT2D eigenvalue weighted by molar-refractivity contribution is 9.10. The van der Waals surface area contributed by atoms with Crippen molar-refractivity contribution in [2.45, 2.75) is 53.1 Å². The van der Waals surface area contributed by atoms with Crippen molar-refractivity contribution in [3.8, 4) is 0 Å². The molecule has 2 rings (SSSR count). The second-order valence-corrected chi connectivity index (χ2v) is 6.67. The zero-order valence-electron chi connectivity index (χ0n) is 13.1. The van der Waals surface area contributed by atoms with Crippen molar-refractivity contribution in [3.63, 3.8) is 0 Å². The molecule has 0 aliphatic rings. The third-order valence-electron chi connectivity index (χ3n) is 3.64. The van der Waals surface area contributed by atoms with E-state index in [-0.39, 0.29) is 0 Å². The topological polar surface area (TPSA) is 42.7 Å². The fourth-order valence-corrected chi connectivity index (χ4v) is 4.16. The van der Waals surface area contributed by atoms with E-state index in [4.69, 9.17) is 5.10 Å². The predicted molar refractivity (Wildman–Crippen MR) is 92.0 cm³/mol. The highest BCUT2D eigenvalue weighted by Gasteiger charge is 2.21. The van der Waals surface area contributed by atoms with Crippen LogP contribution in [0.25, 0.3) is 0 Å². The fraction of sp³-hybridized carbons (Fsp3) is 0.600. The smallest absolute Gasteiger partial charge is 0.0798 e. The number of aromatic nitrogens is 3. The second kappa shape index (κ2) is 7.51. The second-order valence-electron chi connectivity index (χ2n) is 4.99. The van der Waals surface area contributed by atoms with E-state index < -0.39 is 0 Å². The largest absolute Gasteiger partial charge is 0.309 e. The summed E-state index contributed by atoms with van der Waals surface area (Å²) < 4.78 is 3.28. The maximum Gasteiger partial charge on any atom is 0.0798 e. The standard InChI is InChI=1S/C15H23BrN4S/c1-5-11-14(16)13(20(7-3)19-11)8-12(17-6-2)15-10(4)18-9-21-15/h9,12,17H,5-8H2,1-4H3. The molecule has 0 saturated heterocycles. The van der Waals surface area contributed by atoms with Gasteiger partial charge < -0.3 is 5.32 Å². The van der Waals surface area contributed by atoms with Crippen LogP contribution in [0.3, 0.4) is 0 Å². The molecule has 0 radical (unpaired) electrons. The summed E-state index contributed by atoms with van der Waals surface area (Å²) in [6.45, 7) is 10.4. The summed E-state index contributed by atoms with van der Waals surface area (Å²) in [5, 5.41) is 8.28. The Morgan fingerprint density at radius 2 is 2.14 bits per heavy atom. The summed E-state index contributed by atoms with van der Waals surface area (Å²) in [7, 11) is 0. The maximum absolute atomic E-state index is 4.69. The van der Waals surface area contributed by atoms with Crippen LogP contribution in [0.4, 0.5) is 0 Å². The molecule has 1 N–H and O–H groups in total. The van der Waals surface area contributed by atoms with Crippen molar-refractivity contribution in [2.24, 2.45) is 0 Å². The lowest BCUT2D eigenvalue weighted by atomic mass is 10.1. The summed E-state index contributed by atoms with van der Waals surface area (Å²) in [5.41, 5.74) is 5.47. The number of halogens is 1. The van der Waals surface area contributed by atoms with Crippen LogP contribution in [0.2, 0.25) is 0 Å². The first-order valence-electron chi connectivity index (χ1n) is 7.49. The molecule has 116 valence electrons. The Hall–Kier alpha value is -0.720. The van der Waals surface area contributed by atoms with Gasteiger partial charge in [0.2, 0.25) is 0 Å². The minimum atomic E-state index is 0.297. The molecule has 0 aliphatic carbocycles. The number of likely N-dealkylation sites (N-methyl/N-ethyl adjacent to an activating group) is 1. The lowest BCUT2D eigenvalue weighted by Gasteiger charge is -2.18. The number of nitrogens with zero attached hydrogens (tertiary/aromatic N) is 3. The van der Waals surface area contributed by atoms with Gasteiger partial charge in [-0.15, -0.1) is 11.3 Å². The van der Waals surface area contributed by atoms with E-state index in [1.165, 1.54) is 10.6 Å². The van der Waals surface area contributed by atoms with E-state index in [9.17, 15) is 0 Å². The highest BCUT2D eigenvalue weighted by atomic mass is 79.9. The average molecular weight is 371 g/mol. The molecule has 2 heterocycles. The SMILES string of the molecule is CCNC(Cc1c(Br)c(CC)nn1CC)c1scnc1C. The quantitative estimate of drug-likeness (QED) is 0.803. The summed E-state index contributed by atoms with van der Waals surface area (Å²) in [6.07, 6.45) is 1.88. The van der Waals surface area contributed by atoms with Crippen molar-refractivity contribution in [1.29, 1.82) is 0 Å². The van der Waals surface area contributed by atoms with Gasteiger partial charge in [0.15, 0.2) is 0 Å². The fourth-order valence-electron chi connectivity index (χ4n) is 2.55. The Bertz CT molecular complexity index is 591. The van der Waals surface area contributed by atoms with E-state index in [2.05, 4.69) is 58.6 Å². The first kappa shape index (κ1) is 16.6. The third-order valence-corrected chi connectivity index (χ3v) is 5.60. The number of rotatable bonds is 7. The van der Waals surface area contributed by atoms with Crippen LogP contribution in [0.15, 0.2) is 9.98 Å². The average Bonchev–Trinajstić information content (AvgIpc) is 3.03. The minimum Gasteiger partial charge on any atom is -0.309 e. The van der Waals surface area contributed by atoms with Crippen molar-refractivity contribution >= 4 is 27.3 Å². The Morgan fingerprint density at radius 1 is 1.38 bits per heavy atom. The first-order valence-corrected chi connectivity index (χ1v) is 9.16. The van der Waals surface area contributed by atoms with Crippen molar-refractivity contribution in [3.05, 3.63) is 31.9 Å². The molecule has 1 atom stereocenters. The van der Waals surface area contributed by atoms with Crippen molar-refractivity contribution in [2.75, 3.05) is 6.54 Å². The maximum atomic E-state index is 4.69. The summed E-state index contributed by atoms with van der Waals surface area (Å²) in [4.78, 5) is 5.72. The van der Waals surface area contributed by atoms with Gasteiger partial charge in [-0.25, -0.2) is 4.98 Å². The normalized spacial score (nSPS) is 12.8. The number of aryl methyl sites for hydroxylation is 3. The lowest BCUT2D eigenvalue weighted by Crippen LogP contribution is -2.24. The van der Waals surface area contributed by atoms with Crippen LogP contribution in [0, 0.1) is 6.92 Å². The Kier molecular flexibility index (Phi) is 5.96. The monoisotopic (exact) mass is 370 g/mol. The molecular formula is C15H23BrN4S. The molecule has 0 saturated carbocycles. The van der Waals surface area contributed by atoms with Gasteiger partial charge in [-0.1, -0.05) is 13.8 Å². The Balaban J connectivity index is 2.33. The zero-order valence-corrected chi connectivity index (χ0v) is 15.5. The lowest BCUT2D eigenvalue weighted by molar-refractivity contribution is 0.518. The number of nitrogens with one attached hydrogen (secondary N) is 1. The van der Waals surface area contributed by atoms with E-state index in [0.717, 1.165) is 41.8 Å². The van der Waals surface area contributed by atoms with Crippen LogP contribution in [0.1, 0.15) is 48.8 Å². The van der Waals surface area contributed by atoms with Crippen LogP contribution in [0.5, 0.6) is 0 Å². The summed E-state index contributed by atoms with van der Waals surface area (Å²) in [5.74, 6) is 0. The van der Waals surface area contributed by atoms with Gasteiger partial charge in [0.1, 0.15) is 0 Å². The summed E-state index contributed by atoms with van der Waals surface area (Å²) >= 11 is 5.47. The number of hydrogen-bond acceptors (Lipinski definition) is 4. The van der Waals surface area contributed by atoms with Crippen LogP contribution in [-0.2, 0) is 19.4 Å². The van der Waals surface area contributed by atoms with E-state index in [0.29, 0.717) is 6.04 Å². The van der Waals surface area contributed by atoms with E-state index >= 15 is 0 Å². The number of hydrogen-bond donors (Lipinski definition) is 1. The van der Waals surface area contributed by atoms with E-state index in [1.54, 1.807) is 11.3 Å². The zero-order chi connectivity index (χ0) is 15.4. The Labute approximate surface area is 139 Å². The molecule has 0 bridgehead atoms. The van der Waals surface area contributed by atoms with Crippen LogP contribution in [-0.4, -0.2) is 21.3 Å². The molecule has 1 unspecified atom stereocenters. The van der Waals surface area contributed by atoms with E-state index in [1.807, 2.05) is 5.51 Å². The molecule has 21 heavy (non-hydrogen) atoms. The summed E-state index contributed by atoms with van der Waals surface area (Å²) in [6, 6.07) is 0.297. The van der Waals surface area contributed by atoms with Gasteiger partial charge in [-0.3, -0.25) is 4.68 Å². The first-order chi connectivity index (χ1) is 10.1. The number of thiazole rings is 1. The predicted octanol–water partition coefficient (Wildman–Crippen LogP) is 3.89. The highest BCUT2D eigenvalue weighted by Crippen LogP contribution is 2.30. The van der Waals surface area contributed by atoms with Crippen LogP contribution >= 0.6 is 27.3 Å². The van der Waals surface area contributed by atoms with Crippen molar-refractivity contribution < 1.29 is 0 Å².